The molecule has 0 fully saturated rings. The number of ether oxygens (including phenoxy) is 1. The Bertz CT molecular complexity index is 1160. The number of thiazole rings is 1. The van der Waals surface area contributed by atoms with Crippen LogP contribution in [-0.4, -0.2) is 33.8 Å². The molecule has 0 N–H and O–H groups in total. The topological polar surface area (TPSA) is 60.2 Å². The summed E-state index contributed by atoms with van der Waals surface area (Å²) >= 11 is 1.48. The lowest BCUT2D eigenvalue weighted by Gasteiger charge is -2.20. The zero-order valence-electron chi connectivity index (χ0n) is 16.7. The molecular formula is C22H21FN4O2S. The Morgan fingerprint density at radius 1 is 1.23 bits per heavy atom. The Morgan fingerprint density at radius 3 is 2.77 bits per heavy atom. The summed E-state index contributed by atoms with van der Waals surface area (Å²) in [7, 11) is 0. The number of hydrogen-bond donors (Lipinski definition) is 0. The quantitative estimate of drug-likeness (QED) is 0.442. The van der Waals surface area contributed by atoms with Gasteiger partial charge in [0.25, 0.3) is 5.91 Å². The SMILES string of the molecule is Cc1cc(C)c2nc(N(CCn3cccn3)C(=O)COc3ccc(F)cc3)sc2c1. The number of rotatable bonds is 7. The van der Waals surface area contributed by atoms with Gasteiger partial charge in [-0.1, -0.05) is 17.4 Å². The van der Waals surface area contributed by atoms with Gasteiger partial charge < -0.3 is 4.74 Å². The van der Waals surface area contributed by atoms with Crippen LogP contribution in [0.1, 0.15) is 11.1 Å². The second-order valence-electron chi connectivity index (χ2n) is 6.98. The van der Waals surface area contributed by atoms with Crippen molar-refractivity contribution < 1.29 is 13.9 Å². The van der Waals surface area contributed by atoms with E-state index in [-0.39, 0.29) is 18.3 Å². The lowest BCUT2D eigenvalue weighted by Crippen LogP contribution is -2.37. The first kappa shape index (κ1) is 20.0. The van der Waals surface area contributed by atoms with Crippen LogP contribution in [0.2, 0.25) is 0 Å². The van der Waals surface area contributed by atoms with E-state index in [1.165, 1.54) is 35.6 Å². The molecule has 8 heteroatoms. The third-order valence-corrected chi connectivity index (χ3v) is 5.66. The largest absolute Gasteiger partial charge is 0.484 e. The van der Waals surface area contributed by atoms with E-state index < -0.39 is 0 Å². The average Bonchev–Trinajstić information content (AvgIpc) is 3.38. The number of amides is 1. The van der Waals surface area contributed by atoms with Gasteiger partial charge in [0.2, 0.25) is 0 Å². The molecule has 2 heterocycles. The van der Waals surface area contributed by atoms with Crippen LogP contribution in [0, 0.1) is 19.7 Å². The molecule has 4 aromatic rings. The van der Waals surface area contributed by atoms with Gasteiger partial charge in [-0.05, 0) is 61.4 Å². The minimum Gasteiger partial charge on any atom is -0.484 e. The van der Waals surface area contributed by atoms with Crippen molar-refractivity contribution in [3.63, 3.8) is 0 Å². The van der Waals surface area contributed by atoms with Crippen LogP contribution in [0.25, 0.3) is 10.2 Å². The van der Waals surface area contributed by atoms with Crippen molar-refractivity contribution in [1.29, 1.82) is 0 Å². The molecule has 0 aliphatic heterocycles. The zero-order chi connectivity index (χ0) is 21.1. The van der Waals surface area contributed by atoms with E-state index in [4.69, 9.17) is 9.72 Å². The Balaban J connectivity index is 1.57. The molecule has 0 aliphatic rings. The number of nitrogens with zero attached hydrogens (tertiary/aromatic N) is 4. The third kappa shape index (κ3) is 4.49. The van der Waals surface area contributed by atoms with Crippen molar-refractivity contribution in [2.45, 2.75) is 20.4 Å². The van der Waals surface area contributed by atoms with Crippen molar-refractivity contribution in [1.82, 2.24) is 14.8 Å². The predicted octanol–water partition coefficient (Wildman–Crippen LogP) is 4.36. The van der Waals surface area contributed by atoms with Crippen LogP contribution >= 0.6 is 11.3 Å². The van der Waals surface area contributed by atoms with Crippen LogP contribution in [0.15, 0.2) is 54.9 Å². The number of halogens is 1. The number of fused-ring (bicyclic) bond motifs is 1. The number of benzene rings is 2. The van der Waals surface area contributed by atoms with E-state index in [0.29, 0.717) is 24.0 Å². The van der Waals surface area contributed by atoms with E-state index in [1.807, 2.05) is 26.1 Å². The van der Waals surface area contributed by atoms with Gasteiger partial charge in [-0.3, -0.25) is 14.4 Å². The lowest BCUT2D eigenvalue weighted by atomic mass is 10.1. The van der Waals surface area contributed by atoms with Crippen LogP contribution in [0.4, 0.5) is 9.52 Å². The first-order valence-electron chi connectivity index (χ1n) is 9.53. The summed E-state index contributed by atoms with van der Waals surface area (Å²) in [6.45, 7) is 4.84. The molecule has 2 aromatic carbocycles. The second kappa shape index (κ2) is 8.62. The highest BCUT2D eigenvalue weighted by molar-refractivity contribution is 7.22. The van der Waals surface area contributed by atoms with Crippen molar-refractivity contribution in [2.24, 2.45) is 0 Å². The molecule has 0 atom stereocenters. The first-order valence-corrected chi connectivity index (χ1v) is 10.4. The molecule has 30 heavy (non-hydrogen) atoms. The Morgan fingerprint density at radius 2 is 2.03 bits per heavy atom. The van der Waals surface area contributed by atoms with Gasteiger partial charge in [0.15, 0.2) is 11.7 Å². The number of carbonyl (C=O) groups excluding carboxylic acids is 1. The summed E-state index contributed by atoms with van der Waals surface area (Å²) in [5.41, 5.74) is 3.13. The molecule has 0 bridgehead atoms. The molecule has 6 nitrogen and oxygen atoms in total. The third-order valence-electron chi connectivity index (χ3n) is 4.64. The van der Waals surface area contributed by atoms with Gasteiger partial charge in [-0.2, -0.15) is 5.10 Å². The van der Waals surface area contributed by atoms with E-state index in [0.717, 1.165) is 21.3 Å². The van der Waals surface area contributed by atoms with Gasteiger partial charge in [-0.25, -0.2) is 9.37 Å². The Kier molecular flexibility index (Phi) is 5.76. The van der Waals surface area contributed by atoms with Gasteiger partial charge in [0.1, 0.15) is 11.6 Å². The fourth-order valence-electron chi connectivity index (χ4n) is 3.19. The maximum absolute atomic E-state index is 13.1. The molecule has 0 spiro atoms. The molecule has 154 valence electrons. The summed E-state index contributed by atoms with van der Waals surface area (Å²) in [6, 6.07) is 11.6. The van der Waals surface area contributed by atoms with Crippen molar-refractivity contribution in [2.75, 3.05) is 18.1 Å². The number of carbonyl (C=O) groups is 1. The molecule has 0 unspecified atom stereocenters. The van der Waals surface area contributed by atoms with Crippen molar-refractivity contribution in [3.05, 3.63) is 71.8 Å². The van der Waals surface area contributed by atoms with Crippen LogP contribution in [0.5, 0.6) is 5.75 Å². The highest BCUT2D eigenvalue weighted by Crippen LogP contribution is 2.31. The zero-order valence-corrected chi connectivity index (χ0v) is 17.5. The predicted molar refractivity (Wildman–Crippen MR) is 116 cm³/mol. The highest BCUT2D eigenvalue weighted by Gasteiger charge is 2.21. The lowest BCUT2D eigenvalue weighted by molar-refractivity contribution is -0.120. The summed E-state index contributed by atoms with van der Waals surface area (Å²) in [6.07, 6.45) is 3.55. The first-order chi connectivity index (χ1) is 14.5. The normalized spacial score (nSPS) is 11.0. The molecule has 1 amide bonds. The summed E-state index contributed by atoms with van der Waals surface area (Å²) in [5.74, 6) is -0.137. The minimum absolute atomic E-state index is 0.168. The maximum atomic E-state index is 13.1. The minimum atomic E-state index is -0.352. The number of aromatic nitrogens is 3. The number of aryl methyl sites for hydroxylation is 2. The molecular weight excluding hydrogens is 403 g/mol. The van der Waals surface area contributed by atoms with Crippen LogP contribution in [-0.2, 0) is 11.3 Å². The fourth-order valence-corrected chi connectivity index (χ4v) is 4.38. The van der Waals surface area contributed by atoms with E-state index in [1.54, 1.807) is 15.8 Å². The summed E-state index contributed by atoms with van der Waals surface area (Å²) < 4.78 is 21.5. The number of hydrogen-bond acceptors (Lipinski definition) is 5. The van der Waals surface area contributed by atoms with Crippen molar-refractivity contribution >= 4 is 32.6 Å². The van der Waals surface area contributed by atoms with E-state index in [9.17, 15) is 9.18 Å². The van der Waals surface area contributed by atoms with Crippen molar-refractivity contribution in [3.8, 4) is 5.75 Å². The molecule has 0 radical (unpaired) electrons. The average molecular weight is 425 g/mol. The van der Waals surface area contributed by atoms with Gasteiger partial charge >= 0.3 is 0 Å². The van der Waals surface area contributed by atoms with Gasteiger partial charge in [-0.15, -0.1) is 0 Å². The van der Waals surface area contributed by atoms with Crippen LogP contribution < -0.4 is 9.64 Å². The molecule has 0 saturated heterocycles. The summed E-state index contributed by atoms with van der Waals surface area (Å²) in [5, 5.41) is 4.83. The smallest absolute Gasteiger partial charge is 0.266 e. The second-order valence-corrected chi connectivity index (χ2v) is 7.99. The molecule has 2 aromatic heterocycles. The summed E-state index contributed by atoms with van der Waals surface area (Å²) in [4.78, 5) is 19.4. The molecule has 4 rings (SSSR count). The van der Waals surface area contributed by atoms with Gasteiger partial charge in [0.05, 0.1) is 16.8 Å². The van der Waals surface area contributed by atoms with Crippen LogP contribution in [0.3, 0.4) is 0 Å². The highest BCUT2D eigenvalue weighted by atomic mass is 32.1. The van der Waals surface area contributed by atoms with E-state index in [2.05, 4.69) is 17.2 Å². The molecule has 0 saturated carbocycles. The van der Waals surface area contributed by atoms with Gasteiger partial charge in [0, 0.05) is 18.9 Å². The molecule has 0 aliphatic carbocycles. The Hall–Kier alpha value is -3.26. The number of anilines is 1. The monoisotopic (exact) mass is 424 g/mol. The fraction of sp³-hybridized carbons (Fsp3) is 0.227. The van der Waals surface area contributed by atoms with E-state index >= 15 is 0 Å². The maximum Gasteiger partial charge on any atom is 0.266 e. The Labute approximate surface area is 177 Å². The standard InChI is InChI=1S/C22H21FN4O2S/c1-15-12-16(2)21-19(13-15)30-22(25-21)27(11-10-26-9-3-8-24-26)20(28)14-29-18-6-4-17(23)5-7-18/h3-9,12-13H,10-11,14H2,1-2H3.